The predicted octanol–water partition coefficient (Wildman–Crippen LogP) is 4.90. The van der Waals surface area contributed by atoms with Gasteiger partial charge in [-0.2, -0.15) is 13.2 Å². The van der Waals surface area contributed by atoms with E-state index in [2.05, 4.69) is 0 Å². The van der Waals surface area contributed by atoms with Gasteiger partial charge < -0.3 is 14.7 Å². The molecule has 170 valence electrons. The van der Waals surface area contributed by atoms with Gasteiger partial charge in [0, 0.05) is 46.7 Å². The second kappa shape index (κ2) is 11.8. The lowest BCUT2D eigenvalue weighted by Crippen LogP contribution is -2.26. The highest BCUT2D eigenvalue weighted by molar-refractivity contribution is 5.94. The SMILES string of the molecule is [2H]C([2H])([2H])N(Cc1ccccc1OCCCCCC(=O)O)C(=O)c1ccc(C#CC(F)(F)F)cc1. The zero-order chi connectivity index (χ0) is 26.1. The standard InChI is InChI=1S/C24H24F3NO4/c1-28(23(31)19-12-10-18(11-13-19)14-15-24(25,26)27)17-20-7-4-5-8-21(20)32-16-6-2-3-9-22(29)30/h4-5,7-8,10-13H,2-3,6,9,16-17H2,1H3,(H,29,30)/i1D3. The molecule has 0 unspecified atom stereocenters. The molecule has 0 aromatic heterocycles. The van der Waals surface area contributed by atoms with E-state index < -0.39 is 25.0 Å². The minimum Gasteiger partial charge on any atom is -0.493 e. The van der Waals surface area contributed by atoms with Crippen LogP contribution in [0.25, 0.3) is 0 Å². The molecule has 0 spiro atoms. The summed E-state index contributed by atoms with van der Waals surface area (Å²) in [5.74, 6) is 1.77. The fourth-order valence-corrected chi connectivity index (χ4v) is 2.75. The number of carboxylic acid groups (broad SMARTS) is 1. The van der Waals surface area contributed by atoms with E-state index in [1.54, 1.807) is 24.3 Å². The molecule has 8 heteroatoms. The number of carboxylic acids is 1. The van der Waals surface area contributed by atoms with E-state index in [-0.39, 0.29) is 24.1 Å². The number of amides is 1. The summed E-state index contributed by atoms with van der Waals surface area (Å²) in [6.07, 6.45) is -2.81. The third-order valence-corrected chi connectivity index (χ3v) is 4.32. The van der Waals surface area contributed by atoms with Gasteiger partial charge in [0.1, 0.15) is 5.75 Å². The van der Waals surface area contributed by atoms with E-state index in [0.717, 1.165) is 5.92 Å². The number of hydrogen-bond acceptors (Lipinski definition) is 3. The predicted molar refractivity (Wildman–Crippen MR) is 113 cm³/mol. The van der Waals surface area contributed by atoms with Crippen LogP contribution in [-0.2, 0) is 11.3 Å². The Bertz CT molecular complexity index is 1070. The lowest BCUT2D eigenvalue weighted by atomic mass is 10.1. The van der Waals surface area contributed by atoms with Crippen LogP contribution >= 0.6 is 0 Å². The molecule has 5 nitrogen and oxygen atoms in total. The highest BCUT2D eigenvalue weighted by Crippen LogP contribution is 2.21. The van der Waals surface area contributed by atoms with Crippen molar-refractivity contribution in [3.8, 4) is 17.6 Å². The van der Waals surface area contributed by atoms with Crippen LogP contribution in [0.4, 0.5) is 13.2 Å². The molecule has 0 aliphatic carbocycles. The lowest BCUT2D eigenvalue weighted by Gasteiger charge is -2.19. The Kier molecular flexibility index (Phi) is 7.53. The second-order valence-corrected chi connectivity index (χ2v) is 6.88. The Balaban J connectivity index is 2.13. The van der Waals surface area contributed by atoms with Gasteiger partial charge in [0.05, 0.1) is 6.61 Å². The Labute approximate surface area is 189 Å². The molecule has 2 aromatic rings. The second-order valence-electron chi connectivity index (χ2n) is 6.88. The van der Waals surface area contributed by atoms with Gasteiger partial charge in [-0.3, -0.25) is 9.59 Å². The molecule has 0 heterocycles. The quantitative estimate of drug-likeness (QED) is 0.413. The number of para-hydroxylation sites is 1. The van der Waals surface area contributed by atoms with Crippen LogP contribution in [0, 0.1) is 11.8 Å². The van der Waals surface area contributed by atoms with Crippen molar-refractivity contribution in [2.45, 2.75) is 38.4 Å². The fourth-order valence-electron chi connectivity index (χ4n) is 2.75. The summed E-state index contributed by atoms with van der Waals surface area (Å²) < 4.78 is 66.0. The highest BCUT2D eigenvalue weighted by atomic mass is 19.4. The van der Waals surface area contributed by atoms with Crippen molar-refractivity contribution in [3.63, 3.8) is 0 Å². The number of hydrogen-bond donors (Lipinski definition) is 1. The molecular formula is C24H24F3NO4. The van der Waals surface area contributed by atoms with Crippen LogP contribution in [0.3, 0.4) is 0 Å². The van der Waals surface area contributed by atoms with Crippen molar-refractivity contribution in [2.24, 2.45) is 0 Å². The van der Waals surface area contributed by atoms with Crippen LogP contribution in [-0.4, -0.2) is 41.6 Å². The van der Waals surface area contributed by atoms with Crippen molar-refractivity contribution in [2.75, 3.05) is 13.6 Å². The van der Waals surface area contributed by atoms with E-state index in [1.807, 2.05) is 5.92 Å². The number of aliphatic carboxylic acids is 1. The summed E-state index contributed by atoms with van der Waals surface area (Å²) in [4.78, 5) is 24.2. The molecule has 1 amide bonds. The molecule has 1 N–H and O–H groups in total. The van der Waals surface area contributed by atoms with Gasteiger partial charge in [0.2, 0.25) is 0 Å². The first-order valence-electron chi connectivity index (χ1n) is 11.3. The molecule has 0 aliphatic heterocycles. The number of unbranched alkanes of at least 4 members (excludes halogenated alkanes) is 2. The van der Waals surface area contributed by atoms with Crippen LogP contribution in [0.2, 0.25) is 0 Å². The smallest absolute Gasteiger partial charge is 0.458 e. The summed E-state index contributed by atoms with van der Waals surface area (Å²) in [5, 5.41) is 8.67. The van der Waals surface area contributed by atoms with Crippen molar-refractivity contribution in [3.05, 3.63) is 65.2 Å². The molecule has 2 rings (SSSR count). The van der Waals surface area contributed by atoms with Gasteiger partial charge in [-0.1, -0.05) is 24.1 Å². The molecule has 0 bridgehead atoms. The molecule has 2 aromatic carbocycles. The number of benzene rings is 2. The third-order valence-electron chi connectivity index (χ3n) is 4.32. The largest absolute Gasteiger partial charge is 0.493 e. The van der Waals surface area contributed by atoms with Crippen molar-refractivity contribution in [1.82, 2.24) is 4.90 Å². The number of ether oxygens (including phenoxy) is 1. The van der Waals surface area contributed by atoms with Crippen LogP contribution in [0.5, 0.6) is 5.75 Å². The summed E-state index contributed by atoms with van der Waals surface area (Å²) in [5.41, 5.74) is 0.465. The zero-order valence-electron chi connectivity index (χ0n) is 20.1. The average molecular weight is 450 g/mol. The molecule has 0 radical (unpaired) electrons. The van der Waals surface area contributed by atoms with Gasteiger partial charge in [0.15, 0.2) is 0 Å². The van der Waals surface area contributed by atoms with Gasteiger partial charge in [-0.15, -0.1) is 0 Å². The topological polar surface area (TPSA) is 66.8 Å². The highest BCUT2D eigenvalue weighted by Gasteiger charge is 2.23. The Morgan fingerprint density at radius 1 is 1.09 bits per heavy atom. The van der Waals surface area contributed by atoms with E-state index in [1.165, 1.54) is 24.3 Å². The minimum atomic E-state index is -4.65. The number of carbonyl (C=O) groups excluding carboxylic acids is 1. The third kappa shape index (κ3) is 8.72. The molecular weight excluding hydrogens is 423 g/mol. The Morgan fingerprint density at radius 2 is 1.81 bits per heavy atom. The Hall–Kier alpha value is -3.47. The Morgan fingerprint density at radius 3 is 2.47 bits per heavy atom. The molecule has 0 atom stereocenters. The van der Waals surface area contributed by atoms with Crippen molar-refractivity contribution in [1.29, 1.82) is 0 Å². The zero-order valence-corrected chi connectivity index (χ0v) is 17.1. The van der Waals surface area contributed by atoms with Gasteiger partial charge in [-0.25, -0.2) is 0 Å². The maximum absolute atomic E-state index is 13.0. The normalized spacial score (nSPS) is 12.5. The summed E-state index contributed by atoms with van der Waals surface area (Å²) >= 11 is 0. The first-order chi connectivity index (χ1) is 16.4. The van der Waals surface area contributed by atoms with Crippen LogP contribution in [0.15, 0.2) is 48.5 Å². The maximum atomic E-state index is 13.0. The van der Waals surface area contributed by atoms with E-state index in [0.29, 0.717) is 42.1 Å². The number of carbonyl (C=O) groups is 2. The van der Waals surface area contributed by atoms with Gasteiger partial charge in [-0.05, 0) is 49.6 Å². The van der Waals surface area contributed by atoms with Crippen LogP contribution in [0.1, 0.15) is 51.3 Å². The number of rotatable bonds is 10. The fraction of sp³-hybridized carbons (Fsp3) is 0.333. The number of alkyl halides is 3. The van der Waals surface area contributed by atoms with E-state index in [9.17, 15) is 22.8 Å². The maximum Gasteiger partial charge on any atom is 0.458 e. The summed E-state index contributed by atoms with van der Waals surface area (Å²) in [7, 11) is 0. The van der Waals surface area contributed by atoms with Crippen LogP contribution < -0.4 is 4.74 Å². The summed E-state index contributed by atoms with van der Waals surface area (Å²) in [6.45, 7) is -2.80. The molecule has 0 aliphatic rings. The van der Waals surface area contributed by atoms with Gasteiger partial charge >= 0.3 is 12.1 Å². The van der Waals surface area contributed by atoms with Crippen molar-refractivity contribution < 1.29 is 36.7 Å². The summed E-state index contributed by atoms with van der Waals surface area (Å²) in [6, 6.07) is 11.5. The minimum absolute atomic E-state index is 0.0180. The first-order valence-corrected chi connectivity index (χ1v) is 9.81. The van der Waals surface area contributed by atoms with E-state index in [4.69, 9.17) is 14.0 Å². The van der Waals surface area contributed by atoms with Crippen molar-refractivity contribution >= 4 is 11.9 Å². The number of halogens is 3. The molecule has 0 saturated heterocycles. The molecule has 32 heavy (non-hydrogen) atoms. The molecule has 0 saturated carbocycles. The lowest BCUT2D eigenvalue weighted by molar-refractivity contribution is -0.137. The van der Waals surface area contributed by atoms with E-state index >= 15 is 0 Å². The number of nitrogens with zero attached hydrogens (tertiary/aromatic N) is 1. The first kappa shape index (κ1) is 20.4. The molecule has 0 fully saturated rings. The van der Waals surface area contributed by atoms with Gasteiger partial charge in [0.25, 0.3) is 5.91 Å². The monoisotopic (exact) mass is 450 g/mol. The average Bonchev–Trinajstić information content (AvgIpc) is 2.77.